The molecule has 14 heavy (non-hydrogen) atoms. The van der Waals surface area contributed by atoms with Gasteiger partial charge in [0.15, 0.2) is 0 Å². The zero-order valence-corrected chi connectivity index (χ0v) is 7.95. The summed E-state index contributed by atoms with van der Waals surface area (Å²) in [6.45, 7) is 0.458. The Morgan fingerprint density at radius 2 is 2.14 bits per heavy atom. The quantitative estimate of drug-likeness (QED) is 0.697. The minimum atomic E-state index is -1.06. The first-order valence-corrected chi connectivity index (χ1v) is 5.05. The Bertz CT molecular complexity index is 233. The van der Waals surface area contributed by atoms with Crippen molar-refractivity contribution in [3.63, 3.8) is 0 Å². The molecule has 0 aromatic heterocycles. The second-order valence-corrected chi connectivity index (χ2v) is 4.08. The summed E-state index contributed by atoms with van der Waals surface area (Å²) in [5.41, 5.74) is 0. The highest BCUT2D eigenvalue weighted by atomic mass is 19.1. The summed E-state index contributed by atoms with van der Waals surface area (Å²) in [5, 5.41) is 11.9. The first-order valence-electron chi connectivity index (χ1n) is 5.05. The zero-order chi connectivity index (χ0) is 10.1. The molecular formula is C9H15FN2O2. The second kappa shape index (κ2) is 3.73. The van der Waals surface area contributed by atoms with E-state index in [2.05, 4.69) is 5.32 Å². The molecular weight excluding hydrogens is 187 g/mol. The van der Waals surface area contributed by atoms with E-state index in [1.54, 1.807) is 0 Å². The molecule has 1 aliphatic heterocycles. The van der Waals surface area contributed by atoms with Gasteiger partial charge in [0, 0.05) is 18.6 Å². The molecule has 2 aliphatic rings. The summed E-state index contributed by atoms with van der Waals surface area (Å²) < 4.78 is 13.5. The summed E-state index contributed by atoms with van der Waals surface area (Å²) >= 11 is 0. The van der Waals surface area contributed by atoms with Crippen molar-refractivity contribution < 1.29 is 14.3 Å². The predicted molar refractivity (Wildman–Crippen MR) is 49.1 cm³/mol. The number of amides is 1. The van der Waals surface area contributed by atoms with E-state index in [1.807, 2.05) is 0 Å². The largest absolute Gasteiger partial charge is 0.465 e. The Balaban J connectivity index is 1.82. The van der Waals surface area contributed by atoms with Crippen molar-refractivity contribution in [2.45, 2.75) is 37.5 Å². The number of hydrogen-bond donors (Lipinski definition) is 2. The smallest absolute Gasteiger partial charge is 0.407 e. The molecule has 4 nitrogen and oxygen atoms in total. The van der Waals surface area contributed by atoms with Crippen LogP contribution in [0.15, 0.2) is 0 Å². The van der Waals surface area contributed by atoms with Crippen molar-refractivity contribution in [3.05, 3.63) is 0 Å². The van der Waals surface area contributed by atoms with E-state index in [9.17, 15) is 9.18 Å². The Hall–Kier alpha value is -0.840. The van der Waals surface area contributed by atoms with Gasteiger partial charge < -0.3 is 15.3 Å². The molecule has 0 aromatic carbocycles. The normalized spacial score (nSPS) is 33.1. The standard InChI is InChI=1S/C9H15FN2O2/c10-7-5-12(9(13)14)4-3-8(7)11-6-1-2-6/h6-8,11H,1-5H2,(H,13,14)/t7-,8+/m0/s1. The number of rotatable bonds is 2. The fraction of sp³-hybridized carbons (Fsp3) is 0.889. The van der Waals surface area contributed by atoms with Gasteiger partial charge in [0.05, 0.1) is 6.54 Å². The van der Waals surface area contributed by atoms with E-state index < -0.39 is 12.3 Å². The number of hydrogen-bond acceptors (Lipinski definition) is 2. The maximum absolute atomic E-state index is 13.5. The molecule has 1 amide bonds. The van der Waals surface area contributed by atoms with Crippen LogP contribution in [0.3, 0.4) is 0 Å². The van der Waals surface area contributed by atoms with Gasteiger partial charge in [-0.05, 0) is 19.3 Å². The highest BCUT2D eigenvalue weighted by Gasteiger charge is 2.34. The van der Waals surface area contributed by atoms with Gasteiger partial charge in [-0.2, -0.15) is 0 Å². The Kier molecular flexibility index (Phi) is 2.58. The van der Waals surface area contributed by atoms with Gasteiger partial charge >= 0.3 is 6.09 Å². The van der Waals surface area contributed by atoms with E-state index in [0.717, 1.165) is 17.7 Å². The Labute approximate surface area is 82.1 Å². The molecule has 2 rings (SSSR count). The minimum Gasteiger partial charge on any atom is -0.465 e. The SMILES string of the molecule is O=C(O)N1CC[C@@H](NC2CC2)[C@@H](F)C1. The Morgan fingerprint density at radius 1 is 1.43 bits per heavy atom. The Morgan fingerprint density at radius 3 is 2.64 bits per heavy atom. The van der Waals surface area contributed by atoms with Crippen LogP contribution in [0.2, 0.25) is 0 Å². The lowest BCUT2D eigenvalue weighted by Gasteiger charge is -2.33. The molecule has 0 bridgehead atoms. The first kappa shape index (κ1) is 9.71. The number of nitrogens with zero attached hydrogens (tertiary/aromatic N) is 1. The van der Waals surface area contributed by atoms with Gasteiger partial charge in [-0.25, -0.2) is 9.18 Å². The zero-order valence-electron chi connectivity index (χ0n) is 7.95. The second-order valence-electron chi connectivity index (χ2n) is 4.08. The highest BCUT2D eigenvalue weighted by Crippen LogP contribution is 2.23. The maximum Gasteiger partial charge on any atom is 0.407 e. The molecule has 0 radical (unpaired) electrons. The number of likely N-dealkylation sites (tertiary alicyclic amines) is 1. The van der Waals surface area contributed by atoms with Crippen molar-refractivity contribution in [2.24, 2.45) is 0 Å². The summed E-state index contributed by atoms with van der Waals surface area (Å²) in [4.78, 5) is 11.7. The van der Waals surface area contributed by atoms with E-state index in [1.165, 1.54) is 0 Å². The van der Waals surface area contributed by atoms with Crippen molar-refractivity contribution in [3.8, 4) is 0 Å². The third-order valence-electron chi connectivity index (χ3n) is 2.84. The van der Waals surface area contributed by atoms with E-state index in [0.29, 0.717) is 19.0 Å². The van der Waals surface area contributed by atoms with Gasteiger partial charge in [0.2, 0.25) is 0 Å². The molecule has 2 N–H and O–H groups in total. The molecule has 0 spiro atoms. The number of carboxylic acid groups (broad SMARTS) is 1. The predicted octanol–water partition coefficient (Wildman–Crippen LogP) is 0.829. The average molecular weight is 202 g/mol. The monoisotopic (exact) mass is 202 g/mol. The molecule has 1 aliphatic carbocycles. The van der Waals surface area contributed by atoms with Gasteiger partial charge in [0.1, 0.15) is 6.17 Å². The third kappa shape index (κ3) is 2.15. The van der Waals surface area contributed by atoms with Gasteiger partial charge in [-0.1, -0.05) is 0 Å². The van der Waals surface area contributed by atoms with Gasteiger partial charge in [-0.3, -0.25) is 0 Å². The van der Waals surface area contributed by atoms with E-state index in [-0.39, 0.29) is 12.6 Å². The molecule has 1 saturated heterocycles. The van der Waals surface area contributed by atoms with E-state index >= 15 is 0 Å². The van der Waals surface area contributed by atoms with Crippen LogP contribution in [0.25, 0.3) is 0 Å². The van der Waals surface area contributed by atoms with Crippen LogP contribution in [0, 0.1) is 0 Å². The van der Waals surface area contributed by atoms with Crippen LogP contribution >= 0.6 is 0 Å². The number of halogens is 1. The van der Waals surface area contributed by atoms with Crippen molar-refractivity contribution in [2.75, 3.05) is 13.1 Å². The summed E-state index contributed by atoms with van der Waals surface area (Å²) in [6, 6.07) is 0.340. The van der Waals surface area contributed by atoms with Crippen molar-refractivity contribution in [1.82, 2.24) is 10.2 Å². The van der Waals surface area contributed by atoms with Gasteiger partial charge in [-0.15, -0.1) is 0 Å². The topological polar surface area (TPSA) is 52.6 Å². The fourth-order valence-corrected chi connectivity index (χ4v) is 1.82. The van der Waals surface area contributed by atoms with Crippen LogP contribution in [-0.2, 0) is 0 Å². The molecule has 0 aromatic rings. The van der Waals surface area contributed by atoms with Crippen LogP contribution in [0.1, 0.15) is 19.3 Å². The number of nitrogens with one attached hydrogen (secondary N) is 1. The lowest BCUT2D eigenvalue weighted by atomic mass is 10.0. The average Bonchev–Trinajstić information content (AvgIpc) is 2.92. The van der Waals surface area contributed by atoms with Crippen molar-refractivity contribution >= 4 is 6.09 Å². The first-order chi connectivity index (χ1) is 6.66. The molecule has 0 unspecified atom stereocenters. The molecule has 80 valence electrons. The third-order valence-corrected chi connectivity index (χ3v) is 2.84. The maximum atomic E-state index is 13.5. The molecule has 5 heteroatoms. The molecule has 2 fully saturated rings. The lowest BCUT2D eigenvalue weighted by Crippen LogP contribution is -2.52. The number of alkyl halides is 1. The van der Waals surface area contributed by atoms with Crippen LogP contribution in [-0.4, -0.2) is 47.4 Å². The number of carbonyl (C=O) groups is 1. The minimum absolute atomic E-state index is 0.0136. The summed E-state index contributed by atoms with van der Waals surface area (Å²) in [6.07, 6.45) is 0.778. The van der Waals surface area contributed by atoms with E-state index in [4.69, 9.17) is 5.11 Å². The van der Waals surface area contributed by atoms with Crippen LogP contribution < -0.4 is 5.32 Å². The molecule has 2 atom stereocenters. The lowest BCUT2D eigenvalue weighted by molar-refractivity contribution is 0.0881. The molecule has 1 heterocycles. The summed E-state index contributed by atoms with van der Waals surface area (Å²) in [5.74, 6) is 0. The van der Waals surface area contributed by atoms with Crippen LogP contribution in [0.5, 0.6) is 0 Å². The fourth-order valence-electron chi connectivity index (χ4n) is 1.82. The summed E-state index contributed by atoms with van der Waals surface area (Å²) in [7, 11) is 0. The van der Waals surface area contributed by atoms with Crippen LogP contribution in [0.4, 0.5) is 9.18 Å². The highest BCUT2D eigenvalue weighted by molar-refractivity contribution is 5.65. The van der Waals surface area contributed by atoms with Crippen molar-refractivity contribution in [1.29, 1.82) is 0 Å². The number of piperidine rings is 1. The molecule has 1 saturated carbocycles. The van der Waals surface area contributed by atoms with Gasteiger partial charge in [0.25, 0.3) is 0 Å².